The van der Waals surface area contributed by atoms with E-state index in [1.807, 2.05) is 61.5 Å². The molecule has 0 atom stereocenters. The van der Waals surface area contributed by atoms with E-state index < -0.39 is 5.97 Å². The number of rotatable bonds is 6. The number of aliphatic carboxylic acids is 1. The van der Waals surface area contributed by atoms with Gasteiger partial charge in [-0.05, 0) is 43.3 Å². The molecule has 0 fully saturated rings. The average molecular weight is 362 g/mol. The van der Waals surface area contributed by atoms with Crippen molar-refractivity contribution in [2.24, 2.45) is 0 Å². The van der Waals surface area contributed by atoms with Crippen LogP contribution >= 0.6 is 0 Å². The van der Waals surface area contributed by atoms with Crippen LogP contribution in [-0.2, 0) is 17.9 Å². The van der Waals surface area contributed by atoms with E-state index in [0.29, 0.717) is 18.2 Å². The summed E-state index contributed by atoms with van der Waals surface area (Å²) in [6.45, 7) is 2.10. The third-order valence-corrected chi connectivity index (χ3v) is 4.34. The number of hydrogen-bond donors (Lipinski definition) is 1. The van der Waals surface area contributed by atoms with E-state index in [1.165, 1.54) is 0 Å². The number of carboxylic acids is 1. The SMILES string of the molecule is Cc1oc(-c2ccccc2)nc1COc1ccc2c(ccn2CC(=O)O)c1. The zero-order chi connectivity index (χ0) is 18.8. The van der Waals surface area contributed by atoms with Crippen molar-refractivity contribution in [2.75, 3.05) is 0 Å². The van der Waals surface area contributed by atoms with E-state index in [9.17, 15) is 4.79 Å². The number of carboxylic acid groups (broad SMARTS) is 1. The van der Waals surface area contributed by atoms with Gasteiger partial charge in [0.15, 0.2) is 0 Å². The van der Waals surface area contributed by atoms with Crippen LogP contribution in [0.1, 0.15) is 11.5 Å². The minimum absolute atomic E-state index is 0.0654. The van der Waals surface area contributed by atoms with Crippen molar-refractivity contribution in [3.05, 3.63) is 72.2 Å². The number of hydrogen-bond acceptors (Lipinski definition) is 4. The molecule has 0 saturated carbocycles. The molecular formula is C21H18N2O4. The minimum atomic E-state index is -0.872. The third-order valence-electron chi connectivity index (χ3n) is 4.34. The summed E-state index contributed by atoms with van der Waals surface area (Å²) in [4.78, 5) is 15.4. The van der Waals surface area contributed by atoms with Crippen molar-refractivity contribution in [3.8, 4) is 17.2 Å². The number of oxazole rings is 1. The summed E-state index contributed by atoms with van der Waals surface area (Å²) in [5.74, 6) is 1.12. The van der Waals surface area contributed by atoms with Gasteiger partial charge in [0.2, 0.25) is 5.89 Å². The van der Waals surface area contributed by atoms with Crippen molar-refractivity contribution >= 4 is 16.9 Å². The Kier molecular flexibility index (Phi) is 4.38. The number of ether oxygens (including phenoxy) is 1. The van der Waals surface area contributed by atoms with Crippen LogP contribution in [0.25, 0.3) is 22.4 Å². The number of carbonyl (C=O) groups is 1. The van der Waals surface area contributed by atoms with Crippen molar-refractivity contribution in [1.82, 2.24) is 9.55 Å². The van der Waals surface area contributed by atoms with Crippen LogP contribution in [0.4, 0.5) is 0 Å². The first-order valence-corrected chi connectivity index (χ1v) is 8.55. The second kappa shape index (κ2) is 6.99. The van der Waals surface area contributed by atoms with Crippen LogP contribution < -0.4 is 4.74 Å². The Morgan fingerprint density at radius 2 is 2.00 bits per heavy atom. The molecule has 0 aliphatic rings. The van der Waals surface area contributed by atoms with Gasteiger partial charge < -0.3 is 18.8 Å². The van der Waals surface area contributed by atoms with Crippen LogP contribution in [0, 0.1) is 6.92 Å². The molecule has 4 rings (SSSR count). The normalized spacial score (nSPS) is 11.0. The first-order valence-electron chi connectivity index (χ1n) is 8.55. The summed E-state index contributed by atoms with van der Waals surface area (Å²) in [7, 11) is 0. The molecule has 6 heteroatoms. The first-order chi connectivity index (χ1) is 13.1. The fourth-order valence-corrected chi connectivity index (χ4v) is 2.97. The third kappa shape index (κ3) is 3.55. The van der Waals surface area contributed by atoms with Gasteiger partial charge in [0.25, 0.3) is 0 Å². The second-order valence-electron chi connectivity index (χ2n) is 6.23. The lowest BCUT2D eigenvalue weighted by molar-refractivity contribution is -0.137. The second-order valence-corrected chi connectivity index (χ2v) is 6.23. The van der Waals surface area contributed by atoms with E-state index in [0.717, 1.165) is 27.9 Å². The molecule has 0 radical (unpaired) electrons. The molecule has 0 aliphatic heterocycles. The fourth-order valence-electron chi connectivity index (χ4n) is 2.97. The van der Waals surface area contributed by atoms with Crippen molar-refractivity contribution in [2.45, 2.75) is 20.1 Å². The molecular weight excluding hydrogens is 344 g/mol. The Balaban J connectivity index is 1.50. The van der Waals surface area contributed by atoms with Crippen LogP contribution in [-0.4, -0.2) is 20.6 Å². The van der Waals surface area contributed by atoms with Crippen LogP contribution in [0.15, 0.2) is 65.2 Å². The van der Waals surface area contributed by atoms with E-state index in [-0.39, 0.29) is 6.54 Å². The van der Waals surface area contributed by atoms with Crippen LogP contribution in [0.2, 0.25) is 0 Å². The molecule has 0 aliphatic carbocycles. The molecule has 6 nitrogen and oxygen atoms in total. The quantitative estimate of drug-likeness (QED) is 0.554. The number of nitrogens with zero attached hydrogens (tertiary/aromatic N) is 2. The molecule has 2 aromatic carbocycles. The van der Waals surface area contributed by atoms with E-state index in [1.54, 1.807) is 10.8 Å². The lowest BCUT2D eigenvalue weighted by atomic mass is 10.2. The molecule has 0 bridgehead atoms. The molecule has 0 saturated heterocycles. The molecule has 0 amide bonds. The largest absolute Gasteiger partial charge is 0.487 e. The molecule has 1 N–H and O–H groups in total. The van der Waals surface area contributed by atoms with E-state index >= 15 is 0 Å². The minimum Gasteiger partial charge on any atom is -0.487 e. The fraction of sp³-hybridized carbons (Fsp3) is 0.143. The predicted molar refractivity (Wildman–Crippen MR) is 101 cm³/mol. The highest BCUT2D eigenvalue weighted by molar-refractivity contribution is 5.83. The Labute approximate surface area is 155 Å². The zero-order valence-electron chi connectivity index (χ0n) is 14.8. The Bertz CT molecular complexity index is 1100. The number of benzene rings is 2. The Morgan fingerprint density at radius 3 is 2.78 bits per heavy atom. The van der Waals surface area contributed by atoms with Gasteiger partial charge in [-0.25, -0.2) is 4.98 Å². The zero-order valence-corrected chi connectivity index (χ0v) is 14.8. The maximum atomic E-state index is 10.9. The predicted octanol–water partition coefficient (Wildman–Crippen LogP) is 4.27. The number of aromatic nitrogens is 2. The Morgan fingerprint density at radius 1 is 1.19 bits per heavy atom. The Hall–Kier alpha value is -3.54. The summed E-state index contributed by atoms with van der Waals surface area (Å²) in [6, 6.07) is 17.2. The average Bonchev–Trinajstić information content (AvgIpc) is 3.23. The van der Waals surface area contributed by atoms with E-state index in [4.69, 9.17) is 14.3 Å². The summed E-state index contributed by atoms with van der Waals surface area (Å²) in [6.07, 6.45) is 1.76. The highest BCUT2D eigenvalue weighted by atomic mass is 16.5. The van der Waals surface area contributed by atoms with Gasteiger partial charge in [-0.2, -0.15) is 0 Å². The first kappa shape index (κ1) is 16.9. The number of aryl methyl sites for hydroxylation is 1. The highest BCUT2D eigenvalue weighted by Crippen LogP contribution is 2.25. The van der Waals surface area contributed by atoms with Crippen molar-refractivity contribution in [1.29, 1.82) is 0 Å². The maximum Gasteiger partial charge on any atom is 0.323 e. The topological polar surface area (TPSA) is 77.5 Å². The molecule has 27 heavy (non-hydrogen) atoms. The summed E-state index contributed by atoms with van der Waals surface area (Å²) in [5, 5.41) is 9.89. The highest BCUT2D eigenvalue weighted by Gasteiger charge is 2.12. The molecule has 2 heterocycles. The standard InChI is InChI=1S/C21H18N2O4/c1-14-18(22-21(27-14)15-5-3-2-4-6-15)13-26-17-7-8-19-16(11-17)9-10-23(19)12-20(24)25/h2-11H,12-13H2,1H3,(H,24,25). The monoisotopic (exact) mass is 362 g/mol. The lowest BCUT2D eigenvalue weighted by Crippen LogP contribution is -2.07. The maximum absolute atomic E-state index is 10.9. The van der Waals surface area contributed by atoms with Gasteiger partial charge in [0.1, 0.15) is 30.4 Å². The van der Waals surface area contributed by atoms with Gasteiger partial charge in [-0.1, -0.05) is 18.2 Å². The van der Waals surface area contributed by atoms with Crippen molar-refractivity contribution in [3.63, 3.8) is 0 Å². The van der Waals surface area contributed by atoms with Crippen LogP contribution in [0.5, 0.6) is 5.75 Å². The van der Waals surface area contributed by atoms with Crippen LogP contribution in [0.3, 0.4) is 0 Å². The van der Waals surface area contributed by atoms with Gasteiger partial charge in [0, 0.05) is 22.7 Å². The van der Waals surface area contributed by atoms with Gasteiger partial charge in [0.05, 0.1) is 0 Å². The van der Waals surface area contributed by atoms with Gasteiger partial charge in [-0.3, -0.25) is 4.79 Å². The molecule has 0 spiro atoms. The molecule has 0 unspecified atom stereocenters. The molecule has 136 valence electrons. The lowest BCUT2D eigenvalue weighted by Gasteiger charge is -2.06. The summed E-state index contributed by atoms with van der Waals surface area (Å²) in [5.41, 5.74) is 2.53. The number of fused-ring (bicyclic) bond motifs is 1. The molecule has 2 aromatic heterocycles. The van der Waals surface area contributed by atoms with Gasteiger partial charge >= 0.3 is 5.97 Å². The molecule has 4 aromatic rings. The summed E-state index contributed by atoms with van der Waals surface area (Å²) >= 11 is 0. The van der Waals surface area contributed by atoms with Crippen molar-refractivity contribution < 1.29 is 19.1 Å². The smallest absolute Gasteiger partial charge is 0.323 e. The van der Waals surface area contributed by atoms with Gasteiger partial charge in [-0.15, -0.1) is 0 Å². The van der Waals surface area contributed by atoms with E-state index in [2.05, 4.69) is 4.98 Å². The summed E-state index contributed by atoms with van der Waals surface area (Å²) < 4.78 is 13.3.